The quantitative estimate of drug-likeness (QED) is 0.431. The number of ether oxygens (including phenoxy) is 1. The van der Waals surface area contributed by atoms with Crippen LogP contribution in [0.15, 0.2) is 78.9 Å². The molecule has 2 aliphatic heterocycles. The van der Waals surface area contributed by atoms with Crippen LogP contribution in [0, 0.1) is 11.3 Å². The van der Waals surface area contributed by atoms with E-state index in [0.717, 1.165) is 41.9 Å². The summed E-state index contributed by atoms with van der Waals surface area (Å²) in [6.07, 6.45) is -1.28. The Morgan fingerprint density at radius 1 is 0.927 bits per heavy atom. The summed E-state index contributed by atoms with van der Waals surface area (Å²) in [5, 5.41) is 12.1. The van der Waals surface area contributed by atoms with Crippen molar-refractivity contribution in [2.45, 2.75) is 31.8 Å². The minimum Gasteiger partial charge on any atom is -0.481 e. The fourth-order valence-electron chi connectivity index (χ4n) is 6.97. The van der Waals surface area contributed by atoms with Gasteiger partial charge in [0.2, 0.25) is 5.91 Å². The zero-order valence-electron chi connectivity index (χ0n) is 23.2. The lowest BCUT2D eigenvalue weighted by Crippen LogP contribution is -2.50. The average molecular weight is 554 g/mol. The van der Waals surface area contributed by atoms with Crippen molar-refractivity contribution in [3.63, 3.8) is 0 Å². The number of rotatable bonds is 8. The van der Waals surface area contributed by atoms with Gasteiger partial charge in [-0.1, -0.05) is 85.8 Å². The van der Waals surface area contributed by atoms with Crippen LogP contribution in [0.2, 0.25) is 0 Å². The smallest absolute Gasteiger partial charge is 0.407 e. The third kappa shape index (κ3) is 5.44. The molecule has 41 heavy (non-hydrogen) atoms. The van der Waals surface area contributed by atoms with Gasteiger partial charge in [-0.25, -0.2) is 4.79 Å². The van der Waals surface area contributed by atoms with E-state index >= 15 is 0 Å². The molecule has 2 saturated heterocycles. The summed E-state index contributed by atoms with van der Waals surface area (Å²) in [7, 11) is 0. The largest absolute Gasteiger partial charge is 0.481 e. The summed E-state index contributed by atoms with van der Waals surface area (Å²) >= 11 is 0. The third-order valence-corrected chi connectivity index (χ3v) is 8.92. The molecular weight excluding hydrogens is 518 g/mol. The van der Waals surface area contributed by atoms with E-state index in [-0.39, 0.29) is 29.8 Å². The zero-order valence-corrected chi connectivity index (χ0v) is 23.2. The highest BCUT2D eigenvalue weighted by Gasteiger charge is 2.51. The molecule has 2 heterocycles. The van der Waals surface area contributed by atoms with E-state index in [1.807, 2.05) is 54.6 Å². The second-order valence-corrected chi connectivity index (χ2v) is 11.8. The van der Waals surface area contributed by atoms with Gasteiger partial charge in [-0.05, 0) is 33.7 Å². The molecule has 8 nitrogen and oxygen atoms in total. The van der Waals surface area contributed by atoms with Gasteiger partial charge in [0.05, 0.1) is 6.42 Å². The fraction of sp³-hybridized carbons (Fsp3) is 0.364. The van der Waals surface area contributed by atoms with E-state index in [4.69, 9.17) is 4.74 Å². The van der Waals surface area contributed by atoms with E-state index in [0.29, 0.717) is 13.1 Å². The summed E-state index contributed by atoms with van der Waals surface area (Å²) in [6.45, 7) is 5.97. The number of carboxylic acids is 1. The van der Waals surface area contributed by atoms with Crippen molar-refractivity contribution < 1.29 is 24.2 Å². The maximum absolute atomic E-state index is 13.5. The number of hydrogen-bond donors (Lipinski definition) is 2. The number of nitrogens with zero attached hydrogens (tertiary/aromatic N) is 2. The maximum atomic E-state index is 13.5. The van der Waals surface area contributed by atoms with Crippen molar-refractivity contribution in [1.29, 1.82) is 0 Å². The van der Waals surface area contributed by atoms with E-state index in [1.165, 1.54) is 5.56 Å². The van der Waals surface area contributed by atoms with Gasteiger partial charge < -0.3 is 20.1 Å². The summed E-state index contributed by atoms with van der Waals surface area (Å²) in [5.41, 5.74) is 5.58. The van der Waals surface area contributed by atoms with Crippen LogP contribution < -0.4 is 5.32 Å². The van der Waals surface area contributed by atoms with Gasteiger partial charge in [-0.2, -0.15) is 0 Å². The van der Waals surface area contributed by atoms with Gasteiger partial charge >= 0.3 is 12.1 Å². The summed E-state index contributed by atoms with van der Waals surface area (Å²) < 4.78 is 5.61. The number of carbonyl (C=O) groups excluding carboxylic acids is 2. The third-order valence-electron chi connectivity index (χ3n) is 8.92. The summed E-state index contributed by atoms with van der Waals surface area (Å²) in [6, 6.07) is 25.2. The molecule has 0 aromatic heterocycles. The number of aliphatic carboxylic acids is 1. The lowest BCUT2D eigenvalue weighted by molar-refractivity contribution is -0.142. The molecule has 0 radical (unpaired) electrons. The maximum Gasteiger partial charge on any atom is 0.407 e. The number of carbonyl (C=O) groups is 3. The molecule has 6 rings (SSSR count). The Hall–Kier alpha value is -4.17. The van der Waals surface area contributed by atoms with Gasteiger partial charge in [0.15, 0.2) is 0 Å². The predicted octanol–water partition coefficient (Wildman–Crippen LogP) is 4.35. The number of benzene rings is 3. The Kier molecular flexibility index (Phi) is 7.26. The van der Waals surface area contributed by atoms with E-state index in [2.05, 4.69) is 41.4 Å². The molecule has 0 saturated carbocycles. The number of hydrogen-bond acceptors (Lipinski definition) is 5. The number of nitrogens with one attached hydrogen (secondary N) is 1. The molecule has 1 aliphatic carbocycles. The Bertz CT molecular complexity index is 1410. The van der Waals surface area contributed by atoms with Crippen molar-refractivity contribution in [1.82, 2.24) is 15.1 Å². The first-order valence-corrected chi connectivity index (χ1v) is 14.2. The van der Waals surface area contributed by atoms with Crippen LogP contribution in [-0.2, 0) is 20.9 Å². The topological polar surface area (TPSA) is 99.2 Å². The average Bonchev–Trinajstić information content (AvgIpc) is 3.56. The Morgan fingerprint density at radius 3 is 2.20 bits per heavy atom. The van der Waals surface area contributed by atoms with Crippen LogP contribution in [-0.4, -0.2) is 71.7 Å². The molecule has 3 atom stereocenters. The Labute approximate surface area is 239 Å². The highest BCUT2D eigenvalue weighted by atomic mass is 16.5. The molecule has 3 aromatic carbocycles. The second-order valence-electron chi connectivity index (χ2n) is 11.8. The predicted molar refractivity (Wildman–Crippen MR) is 154 cm³/mol. The Balaban J connectivity index is 1.08. The fourth-order valence-corrected chi connectivity index (χ4v) is 6.97. The zero-order chi connectivity index (χ0) is 28.6. The molecule has 0 bridgehead atoms. The molecule has 2 N–H and O–H groups in total. The van der Waals surface area contributed by atoms with Crippen molar-refractivity contribution in [2.24, 2.45) is 11.3 Å². The molecule has 212 valence electrons. The SMILES string of the molecule is CC12CN(Cc3ccccc3)CC1CN(C(=O)C(CC(=O)O)NC(=O)OCC1c3ccccc3-c3ccccc31)C2. The monoisotopic (exact) mass is 553 g/mol. The van der Waals surface area contributed by atoms with Crippen LogP contribution in [0.5, 0.6) is 0 Å². The van der Waals surface area contributed by atoms with Gasteiger partial charge in [0, 0.05) is 44.1 Å². The number of amides is 2. The van der Waals surface area contributed by atoms with E-state index < -0.39 is 24.5 Å². The van der Waals surface area contributed by atoms with Gasteiger partial charge in [0.1, 0.15) is 12.6 Å². The van der Waals surface area contributed by atoms with Crippen LogP contribution in [0.1, 0.15) is 36.0 Å². The number of alkyl carbamates (subject to hydrolysis) is 1. The molecule has 2 fully saturated rings. The van der Waals surface area contributed by atoms with Crippen LogP contribution in [0.25, 0.3) is 11.1 Å². The molecule has 0 spiro atoms. The number of likely N-dealkylation sites (tertiary alicyclic amines) is 2. The second kappa shape index (κ2) is 11.0. The normalized spacial score (nSPS) is 22.1. The first-order chi connectivity index (χ1) is 19.8. The van der Waals surface area contributed by atoms with Crippen LogP contribution in [0.4, 0.5) is 4.79 Å². The van der Waals surface area contributed by atoms with Gasteiger partial charge in [-0.15, -0.1) is 0 Å². The number of fused-ring (bicyclic) bond motifs is 4. The lowest BCUT2D eigenvalue weighted by Gasteiger charge is -2.28. The van der Waals surface area contributed by atoms with Crippen molar-refractivity contribution in [2.75, 3.05) is 32.8 Å². The first kappa shape index (κ1) is 27.0. The molecule has 3 aliphatic rings. The minimum absolute atomic E-state index is 0.0814. The highest BCUT2D eigenvalue weighted by molar-refractivity contribution is 5.89. The first-order valence-electron chi connectivity index (χ1n) is 14.2. The summed E-state index contributed by atoms with van der Waals surface area (Å²) in [5.74, 6) is -1.36. The molecule has 3 aromatic rings. The molecular formula is C33H35N3O5. The van der Waals surface area contributed by atoms with Crippen molar-refractivity contribution in [3.05, 3.63) is 95.6 Å². The van der Waals surface area contributed by atoms with E-state index in [9.17, 15) is 19.5 Å². The highest BCUT2D eigenvalue weighted by Crippen LogP contribution is 2.45. The van der Waals surface area contributed by atoms with Crippen molar-refractivity contribution >= 4 is 18.0 Å². The standard InChI is InChI=1S/C33H35N3O5/c1-33-20-35(16-22-9-3-2-4-10-22)17-23(33)18-36(21-33)31(39)29(15-30(37)38)34-32(40)41-19-28-26-13-7-5-11-24(26)25-12-6-8-14-27(25)28/h2-14,23,28-29H,15-21H2,1H3,(H,34,40)(H,37,38). The lowest BCUT2D eigenvalue weighted by atomic mass is 9.83. The van der Waals surface area contributed by atoms with Gasteiger partial charge in [0.25, 0.3) is 0 Å². The molecule has 2 amide bonds. The molecule has 8 heteroatoms. The van der Waals surface area contributed by atoms with Crippen LogP contribution in [0.3, 0.4) is 0 Å². The van der Waals surface area contributed by atoms with E-state index in [1.54, 1.807) is 4.90 Å². The number of carboxylic acid groups (broad SMARTS) is 1. The van der Waals surface area contributed by atoms with Gasteiger partial charge in [-0.3, -0.25) is 14.5 Å². The van der Waals surface area contributed by atoms with Crippen LogP contribution >= 0.6 is 0 Å². The molecule has 3 unspecified atom stereocenters. The Morgan fingerprint density at radius 2 is 1.56 bits per heavy atom. The van der Waals surface area contributed by atoms with Crippen molar-refractivity contribution in [3.8, 4) is 11.1 Å². The minimum atomic E-state index is -1.19. The summed E-state index contributed by atoms with van der Waals surface area (Å²) in [4.78, 5) is 42.2.